The van der Waals surface area contributed by atoms with Crippen LogP contribution >= 0.6 is 0 Å². The molecule has 1 N–H and O–H groups in total. The summed E-state index contributed by atoms with van der Waals surface area (Å²) in [5.41, 5.74) is 2.48. The van der Waals surface area contributed by atoms with Crippen molar-refractivity contribution in [1.82, 2.24) is 5.32 Å². The highest BCUT2D eigenvalue weighted by molar-refractivity contribution is 7.91. The molecule has 1 aromatic rings. The second-order valence-electron chi connectivity index (χ2n) is 4.90. The van der Waals surface area contributed by atoms with Crippen molar-refractivity contribution < 1.29 is 8.42 Å². The summed E-state index contributed by atoms with van der Waals surface area (Å²) >= 11 is 0. The molecule has 1 unspecified atom stereocenters. The minimum absolute atomic E-state index is 0.239. The van der Waals surface area contributed by atoms with Gasteiger partial charge < -0.3 is 5.32 Å². The predicted octanol–water partition coefficient (Wildman–Crippen LogP) is 2.86. The zero-order valence-electron chi connectivity index (χ0n) is 12.1. The summed E-state index contributed by atoms with van der Waals surface area (Å²) < 4.78 is 23.0. The molecule has 0 aliphatic rings. The fraction of sp³-hybridized carbons (Fsp3) is 0.600. The van der Waals surface area contributed by atoms with E-state index in [9.17, 15) is 8.42 Å². The van der Waals surface area contributed by atoms with Gasteiger partial charge in [0.2, 0.25) is 0 Å². The number of hydrogen-bond donors (Lipinski definition) is 1. The van der Waals surface area contributed by atoms with Crippen molar-refractivity contribution in [2.45, 2.75) is 39.7 Å². The van der Waals surface area contributed by atoms with Gasteiger partial charge in [-0.25, -0.2) is 8.42 Å². The molecular weight excluding hydrogens is 258 g/mol. The molecule has 1 aromatic carbocycles. The third-order valence-electron chi connectivity index (χ3n) is 3.28. The molecule has 0 heterocycles. The Morgan fingerprint density at radius 1 is 1.26 bits per heavy atom. The molecule has 0 aliphatic carbocycles. The van der Waals surface area contributed by atoms with Gasteiger partial charge in [0.15, 0.2) is 0 Å². The largest absolute Gasteiger partial charge is 0.310 e. The summed E-state index contributed by atoms with van der Waals surface area (Å²) in [7, 11) is -2.85. The van der Waals surface area contributed by atoms with E-state index < -0.39 is 9.84 Å². The average Bonchev–Trinajstić information content (AvgIpc) is 2.37. The van der Waals surface area contributed by atoms with Gasteiger partial charge in [-0.1, -0.05) is 43.7 Å². The molecule has 0 fully saturated rings. The Kier molecular flexibility index (Phi) is 6.52. The highest BCUT2D eigenvalue weighted by atomic mass is 32.2. The summed E-state index contributed by atoms with van der Waals surface area (Å²) in [5.74, 6) is 0.528. The lowest BCUT2D eigenvalue weighted by atomic mass is 10.0. The van der Waals surface area contributed by atoms with Crippen LogP contribution in [0, 0.1) is 6.92 Å². The topological polar surface area (TPSA) is 46.2 Å². The molecule has 0 saturated carbocycles. The summed E-state index contributed by atoms with van der Waals surface area (Å²) in [4.78, 5) is 0. The number of nitrogens with one attached hydrogen (secondary N) is 1. The monoisotopic (exact) mass is 283 g/mol. The minimum atomic E-state index is -2.85. The van der Waals surface area contributed by atoms with Crippen LogP contribution in [0.25, 0.3) is 0 Å². The van der Waals surface area contributed by atoms with Crippen molar-refractivity contribution in [3.8, 4) is 0 Å². The smallest absolute Gasteiger partial charge is 0.150 e. The Hall–Kier alpha value is -0.870. The number of aryl methyl sites for hydroxylation is 1. The third-order valence-corrected chi connectivity index (χ3v) is 5.07. The Balaban J connectivity index is 2.63. The fourth-order valence-corrected chi connectivity index (χ4v) is 3.07. The van der Waals surface area contributed by atoms with Crippen LogP contribution in [0.2, 0.25) is 0 Å². The lowest BCUT2D eigenvalue weighted by Gasteiger charge is -2.18. The summed E-state index contributed by atoms with van der Waals surface area (Å²) in [5, 5.41) is 3.44. The lowest BCUT2D eigenvalue weighted by Crippen LogP contribution is -2.22. The van der Waals surface area contributed by atoms with Crippen LogP contribution in [-0.4, -0.2) is 26.5 Å². The summed E-state index contributed by atoms with van der Waals surface area (Å²) in [6.45, 7) is 6.75. The van der Waals surface area contributed by atoms with Crippen molar-refractivity contribution in [2.24, 2.45) is 0 Å². The first kappa shape index (κ1) is 16.2. The van der Waals surface area contributed by atoms with Gasteiger partial charge in [0.25, 0.3) is 0 Å². The normalized spacial score (nSPS) is 13.4. The fourth-order valence-electron chi connectivity index (χ4n) is 2.17. The van der Waals surface area contributed by atoms with Crippen LogP contribution in [0.3, 0.4) is 0 Å². The molecule has 4 heteroatoms. The van der Waals surface area contributed by atoms with Crippen molar-refractivity contribution in [3.63, 3.8) is 0 Å². The maximum Gasteiger partial charge on any atom is 0.150 e. The van der Waals surface area contributed by atoms with Gasteiger partial charge in [0, 0.05) is 11.8 Å². The van der Waals surface area contributed by atoms with Gasteiger partial charge in [-0.2, -0.15) is 0 Å². The number of rotatable bonds is 8. The Labute approximate surface area is 117 Å². The number of benzene rings is 1. The molecule has 3 nitrogen and oxygen atoms in total. The molecule has 0 radical (unpaired) electrons. The molecule has 0 amide bonds. The first-order chi connectivity index (χ1) is 8.98. The highest BCUT2D eigenvalue weighted by Crippen LogP contribution is 2.20. The Bertz CT molecular complexity index is 483. The van der Waals surface area contributed by atoms with Gasteiger partial charge in [-0.15, -0.1) is 0 Å². The number of hydrogen-bond acceptors (Lipinski definition) is 3. The van der Waals surface area contributed by atoms with E-state index in [1.807, 2.05) is 0 Å². The zero-order chi connectivity index (χ0) is 14.3. The zero-order valence-corrected chi connectivity index (χ0v) is 13.0. The quantitative estimate of drug-likeness (QED) is 0.798. The van der Waals surface area contributed by atoms with Crippen LogP contribution in [0.15, 0.2) is 24.3 Å². The van der Waals surface area contributed by atoms with Crippen LogP contribution in [0.4, 0.5) is 0 Å². The first-order valence-corrected chi connectivity index (χ1v) is 8.81. The van der Waals surface area contributed by atoms with Gasteiger partial charge in [-0.05, 0) is 31.9 Å². The van der Waals surface area contributed by atoms with E-state index in [1.54, 1.807) is 6.92 Å². The van der Waals surface area contributed by atoms with Crippen LogP contribution in [-0.2, 0) is 9.84 Å². The second kappa shape index (κ2) is 7.65. The molecule has 0 saturated heterocycles. The lowest BCUT2D eigenvalue weighted by molar-refractivity contribution is 0.506. The SMILES string of the molecule is CCNC(CCCS(=O)(=O)CC)c1cccc(C)c1. The van der Waals surface area contributed by atoms with Gasteiger partial charge in [0.05, 0.1) is 5.75 Å². The molecule has 0 aliphatic heterocycles. The number of sulfone groups is 1. The molecule has 0 aromatic heterocycles. The third kappa shape index (κ3) is 5.74. The molecule has 19 heavy (non-hydrogen) atoms. The Morgan fingerprint density at radius 2 is 2.00 bits per heavy atom. The minimum Gasteiger partial charge on any atom is -0.310 e. The second-order valence-corrected chi connectivity index (χ2v) is 7.38. The van der Waals surface area contributed by atoms with Crippen LogP contribution in [0.1, 0.15) is 43.9 Å². The van der Waals surface area contributed by atoms with Crippen molar-refractivity contribution in [1.29, 1.82) is 0 Å². The predicted molar refractivity (Wildman–Crippen MR) is 81.2 cm³/mol. The van der Waals surface area contributed by atoms with Crippen molar-refractivity contribution in [3.05, 3.63) is 35.4 Å². The van der Waals surface area contributed by atoms with E-state index in [0.717, 1.165) is 13.0 Å². The van der Waals surface area contributed by atoms with Gasteiger partial charge >= 0.3 is 0 Å². The molecule has 0 bridgehead atoms. The summed E-state index contributed by atoms with van der Waals surface area (Å²) in [6, 6.07) is 8.65. The van der Waals surface area contributed by atoms with E-state index in [4.69, 9.17) is 0 Å². The van der Waals surface area contributed by atoms with Crippen molar-refractivity contribution in [2.75, 3.05) is 18.1 Å². The molecular formula is C15H25NO2S. The van der Waals surface area contributed by atoms with Gasteiger partial charge in [0.1, 0.15) is 9.84 Å². The molecule has 108 valence electrons. The van der Waals surface area contributed by atoms with E-state index in [0.29, 0.717) is 6.42 Å². The van der Waals surface area contributed by atoms with Crippen LogP contribution < -0.4 is 5.32 Å². The molecule has 1 atom stereocenters. The Morgan fingerprint density at radius 3 is 2.58 bits per heavy atom. The maximum absolute atomic E-state index is 11.5. The molecule has 0 spiro atoms. The maximum atomic E-state index is 11.5. The summed E-state index contributed by atoms with van der Waals surface area (Å²) in [6.07, 6.45) is 1.57. The van der Waals surface area contributed by atoms with E-state index >= 15 is 0 Å². The van der Waals surface area contributed by atoms with E-state index in [1.165, 1.54) is 11.1 Å². The standard InChI is InChI=1S/C15H25NO2S/c1-4-16-15(10-7-11-19(17,18)5-2)14-9-6-8-13(3)12-14/h6,8-9,12,15-16H,4-5,7,10-11H2,1-3H3. The highest BCUT2D eigenvalue weighted by Gasteiger charge is 2.13. The average molecular weight is 283 g/mol. The van der Waals surface area contributed by atoms with Gasteiger partial charge in [-0.3, -0.25) is 0 Å². The van der Waals surface area contributed by atoms with E-state index in [-0.39, 0.29) is 17.5 Å². The van der Waals surface area contributed by atoms with Crippen LogP contribution in [0.5, 0.6) is 0 Å². The first-order valence-electron chi connectivity index (χ1n) is 6.99. The molecule has 1 rings (SSSR count). The van der Waals surface area contributed by atoms with Crippen molar-refractivity contribution >= 4 is 9.84 Å². The van der Waals surface area contributed by atoms with E-state index in [2.05, 4.69) is 43.4 Å².